The van der Waals surface area contributed by atoms with Crippen LogP contribution in [0.3, 0.4) is 0 Å². The van der Waals surface area contributed by atoms with Crippen LogP contribution in [-0.2, 0) is 4.79 Å². The van der Waals surface area contributed by atoms with Crippen LogP contribution in [0, 0.1) is 9.49 Å². The summed E-state index contributed by atoms with van der Waals surface area (Å²) >= 11 is 2.24. The Kier molecular flexibility index (Phi) is 10.8. The molecule has 3 aromatic rings. The third kappa shape index (κ3) is 7.25. The van der Waals surface area contributed by atoms with Crippen LogP contribution in [0.1, 0.15) is 79.3 Å². The van der Waals surface area contributed by atoms with Crippen molar-refractivity contribution in [2.75, 3.05) is 13.1 Å². The quantitative estimate of drug-likeness (QED) is 0.179. The molecule has 0 radical (unpaired) electrons. The average molecular weight is 623 g/mol. The second-order valence-electron chi connectivity index (χ2n) is 10.3. The molecule has 1 saturated carbocycles. The SMILES string of the molecule is CCCCNC(=O)C(C1CCCCC1)N(CC(c1ccccc1)c1ccccc1)C(=O)c1ccccc1I. The minimum Gasteiger partial charge on any atom is -0.354 e. The summed E-state index contributed by atoms with van der Waals surface area (Å²) < 4.78 is 0.907. The number of nitrogens with one attached hydrogen (secondary N) is 1. The second kappa shape index (κ2) is 14.5. The lowest BCUT2D eigenvalue weighted by Crippen LogP contribution is -2.55. The van der Waals surface area contributed by atoms with Gasteiger partial charge in [-0.15, -0.1) is 0 Å². The van der Waals surface area contributed by atoms with E-state index in [9.17, 15) is 9.59 Å². The van der Waals surface area contributed by atoms with Gasteiger partial charge < -0.3 is 10.2 Å². The Balaban J connectivity index is 1.79. The number of hydrogen-bond donors (Lipinski definition) is 1. The van der Waals surface area contributed by atoms with Crippen LogP contribution in [0.15, 0.2) is 84.9 Å². The fraction of sp³-hybridized carbons (Fsp3) is 0.394. The standard InChI is InChI=1S/C33H39IN2O2/c1-2-3-23-35-32(37)31(27-19-11-6-12-20-27)36(33(38)28-21-13-14-22-30(28)34)24-29(25-15-7-4-8-16-25)26-17-9-5-10-18-26/h4-5,7-10,13-18,21-22,27,29,31H,2-3,6,11-12,19-20,23-24H2,1H3,(H,35,37). The summed E-state index contributed by atoms with van der Waals surface area (Å²) in [6.45, 7) is 3.21. The normalized spacial score (nSPS) is 14.7. The van der Waals surface area contributed by atoms with Gasteiger partial charge in [-0.2, -0.15) is 0 Å². The highest BCUT2D eigenvalue weighted by atomic mass is 127. The Morgan fingerprint density at radius 3 is 2.03 bits per heavy atom. The van der Waals surface area contributed by atoms with E-state index in [4.69, 9.17) is 0 Å². The van der Waals surface area contributed by atoms with Crippen molar-refractivity contribution in [1.82, 2.24) is 10.2 Å². The average Bonchev–Trinajstić information content (AvgIpc) is 2.96. The van der Waals surface area contributed by atoms with Crippen molar-refractivity contribution in [3.8, 4) is 0 Å². The van der Waals surface area contributed by atoms with E-state index in [-0.39, 0.29) is 23.7 Å². The van der Waals surface area contributed by atoms with Crippen molar-refractivity contribution in [1.29, 1.82) is 0 Å². The van der Waals surface area contributed by atoms with E-state index in [1.807, 2.05) is 65.6 Å². The minimum atomic E-state index is -0.495. The molecule has 1 aliphatic carbocycles. The van der Waals surface area contributed by atoms with Gasteiger partial charge in [-0.1, -0.05) is 105 Å². The maximum atomic E-state index is 14.4. The predicted octanol–water partition coefficient (Wildman–Crippen LogP) is 7.43. The number of rotatable bonds is 11. The van der Waals surface area contributed by atoms with Crippen LogP contribution in [0.4, 0.5) is 0 Å². The van der Waals surface area contributed by atoms with Crippen molar-refractivity contribution in [2.45, 2.75) is 63.8 Å². The van der Waals surface area contributed by atoms with E-state index in [0.29, 0.717) is 18.7 Å². The molecule has 38 heavy (non-hydrogen) atoms. The molecule has 0 heterocycles. The van der Waals surface area contributed by atoms with Crippen LogP contribution < -0.4 is 5.32 Å². The van der Waals surface area contributed by atoms with E-state index in [1.54, 1.807) is 0 Å². The number of hydrogen-bond acceptors (Lipinski definition) is 2. The topological polar surface area (TPSA) is 49.4 Å². The number of carbonyl (C=O) groups is 2. The number of halogens is 1. The van der Waals surface area contributed by atoms with Gasteiger partial charge in [0.25, 0.3) is 5.91 Å². The van der Waals surface area contributed by atoms with Crippen LogP contribution >= 0.6 is 22.6 Å². The van der Waals surface area contributed by atoms with Gasteiger partial charge in [-0.25, -0.2) is 0 Å². The fourth-order valence-electron chi connectivity index (χ4n) is 5.64. The first-order valence-electron chi connectivity index (χ1n) is 14.0. The van der Waals surface area contributed by atoms with Crippen LogP contribution in [-0.4, -0.2) is 35.8 Å². The molecule has 1 aliphatic rings. The summed E-state index contributed by atoms with van der Waals surface area (Å²) in [5.41, 5.74) is 2.95. The zero-order valence-corrected chi connectivity index (χ0v) is 24.5. The molecule has 4 rings (SSSR count). The van der Waals surface area contributed by atoms with Crippen molar-refractivity contribution < 1.29 is 9.59 Å². The first kappa shape index (κ1) is 28.3. The molecule has 5 heteroatoms. The summed E-state index contributed by atoms with van der Waals surface area (Å²) in [6, 6.07) is 28.0. The smallest absolute Gasteiger partial charge is 0.255 e. The van der Waals surface area contributed by atoms with Gasteiger partial charge in [0.05, 0.1) is 5.56 Å². The molecule has 1 N–H and O–H groups in total. The van der Waals surface area contributed by atoms with E-state index in [0.717, 1.165) is 53.2 Å². The van der Waals surface area contributed by atoms with Gasteiger partial charge in [-0.05, 0) is 71.0 Å². The lowest BCUT2D eigenvalue weighted by Gasteiger charge is -2.40. The molecule has 0 bridgehead atoms. The van der Waals surface area contributed by atoms with Gasteiger partial charge in [0.2, 0.25) is 5.91 Å². The Hall–Kier alpha value is -2.67. The maximum absolute atomic E-state index is 14.4. The van der Waals surface area contributed by atoms with Gasteiger partial charge >= 0.3 is 0 Å². The molecule has 0 spiro atoms. The summed E-state index contributed by atoms with van der Waals surface area (Å²) in [6.07, 6.45) is 7.31. The highest BCUT2D eigenvalue weighted by Gasteiger charge is 2.39. The van der Waals surface area contributed by atoms with Crippen molar-refractivity contribution >= 4 is 34.4 Å². The predicted molar refractivity (Wildman–Crippen MR) is 163 cm³/mol. The van der Waals surface area contributed by atoms with Gasteiger partial charge in [0.15, 0.2) is 0 Å². The van der Waals surface area contributed by atoms with Gasteiger partial charge in [0, 0.05) is 22.6 Å². The zero-order valence-electron chi connectivity index (χ0n) is 22.3. The number of nitrogens with zero attached hydrogens (tertiary/aromatic N) is 1. The van der Waals surface area contributed by atoms with E-state index in [2.05, 4.69) is 59.1 Å². The summed E-state index contributed by atoms with van der Waals surface area (Å²) in [5.74, 6) is 0.0396. The molecule has 0 aromatic heterocycles. The molecule has 1 fully saturated rings. The number of unbranched alkanes of at least 4 members (excludes halogenated alkanes) is 1. The van der Waals surface area contributed by atoms with E-state index >= 15 is 0 Å². The lowest BCUT2D eigenvalue weighted by atomic mass is 9.81. The van der Waals surface area contributed by atoms with Gasteiger partial charge in [0.1, 0.15) is 6.04 Å². The molecule has 1 atom stereocenters. The Labute approximate surface area is 241 Å². The number of carbonyl (C=O) groups excluding carboxylic acids is 2. The largest absolute Gasteiger partial charge is 0.354 e. The van der Waals surface area contributed by atoms with Crippen molar-refractivity contribution in [2.24, 2.45) is 5.92 Å². The zero-order chi connectivity index (χ0) is 26.7. The monoisotopic (exact) mass is 622 g/mol. The number of benzene rings is 3. The molecular formula is C33H39IN2O2. The van der Waals surface area contributed by atoms with Crippen molar-refractivity contribution in [3.05, 3.63) is 105 Å². The second-order valence-corrected chi connectivity index (χ2v) is 11.5. The molecule has 2 amide bonds. The summed E-state index contributed by atoms with van der Waals surface area (Å²) in [5, 5.41) is 3.20. The van der Waals surface area contributed by atoms with E-state index < -0.39 is 6.04 Å². The molecule has 200 valence electrons. The lowest BCUT2D eigenvalue weighted by molar-refractivity contribution is -0.128. The maximum Gasteiger partial charge on any atom is 0.255 e. The van der Waals surface area contributed by atoms with Crippen molar-refractivity contribution in [3.63, 3.8) is 0 Å². The summed E-state index contributed by atoms with van der Waals surface area (Å²) in [4.78, 5) is 30.3. The molecule has 0 saturated heterocycles. The van der Waals surface area contributed by atoms with Gasteiger partial charge in [-0.3, -0.25) is 9.59 Å². The Morgan fingerprint density at radius 1 is 0.868 bits per heavy atom. The molecular weight excluding hydrogens is 583 g/mol. The first-order chi connectivity index (χ1) is 18.6. The molecule has 4 nitrogen and oxygen atoms in total. The highest BCUT2D eigenvalue weighted by molar-refractivity contribution is 14.1. The van der Waals surface area contributed by atoms with Crippen LogP contribution in [0.5, 0.6) is 0 Å². The Morgan fingerprint density at radius 2 is 1.45 bits per heavy atom. The van der Waals surface area contributed by atoms with Crippen LogP contribution in [0.25, 0.3) is 0 Å². The van der Waals surface area contributed by atoms with Crippen LogP contribution in [0.2, 0.25) is 0 Å². The molecule has 0 aliphatic heterocycles. The minimum absolute atomic E-state index is 0.00971. The molecule has 3 aromatic carbocycles. The summed E-state index contributed by atoms with van der Waals surface area (Å²) in [7, 11) is 0. The third-order valence-corrected chi connectivity index (χ3v) is 8.62. The van der Waals surface area contributed by atoms with E-state index in [1.165, 1.54) is 6.42 Å². The fourth-order valence-corrected chi connectivity index (χ4v) is 6.25. The Bertz CT molecular complexity index is 1120. The first-order valence-corrected chi connectivity index (χ1v) is 15.1. The number of amides is 2. The third-order valence-electron chi connectivity index (χ3n) is 7.68. The highest BCUT2D eigenvalue weighted by Crippen LogP contribution is 2.34. The molecule has 1 unspecified atom stereocenters.